The fraction of sp³-hybridized carbons (Fsp3) is 0.700. The van der Waals surface area contributed by atoms with Gasteiger partial charge in [-0.1, -0.05) is 90.0 Å². The lowest BCUT2D eigenvalue weighted by atomic mass is 9.70. The van der Waals surface area contributed by atoms with E-state index in [1.165, 1.54) is 69.8 Å². The Morgan fingerprint density at radius 2 is 1.50 bits per heavy atom. The monoisotopic (exact) mass is 273 g/mol. The van der Waals surface area contributed by atoms with Gasteiger partial charge in [0.1, 0.15) is 0 Å². The molecular weight excluding hydrogens is 240 g/mol. The van der Waals surface area contributed by atoms with Gasteiger partial charge in [0.2, 0.25) is 0 Å². The summed E-state index contributed by atoms with van der Waals surface area (Å²) in [5.74, 6) is 0. The normalized spacial score (nSPS) is 11.8. The zero-order chi connectivity index (χ0) is 14.7. The van der Waals surface area contributed by atoms with Gasteiger partial charge in [0, 0.05) is 0 Å². The molecule has 0 saturated heterocycles. The molecule has 0 heterocycles. The molecule has 1 rings (SSSR count). The predicted octanol–water partition coefficient (Wildman–Crippen LogP) is 6.69. The third kappa shape index (κ3) is 5.31. The number of hydrogen-bond donors (Lipinski definition) is 0. The van der Waals surface area contributed by atoms with Gasteiger partial charge in [-0.25, -0.2) is 0 Å². The van der Waals surface area contributed by atoms with Crippen molar-refractivity contribution in [2.45, 2.75) is 90.4 Å². The SMILES string of the molecule is CCCCCCCC(CCC)(CCC)c1[c]cccc1. The first-order chi connectivity index (χ1) is 9.79. The highest BCUT2D eigenvalue weighted by molar-refractivity contribution is 5.24. The van der Waals surface area contributed by atoms with Crippen molar-refractivity contribution < 1.29 is 0 Å². The van der Waals surface area contributed by atoms with Crippen LogP contribution in [0.25, 0.3) is 0 Å². The van der Waals surface area contributed by atoms with E-state index in [1.807, 2.05) is 0 Å². The molecular formula is C20H33. The molecule has 0 amide bonds. The van der Waals surface area contributed by atoms with E-state index in [0.29, 0.717) is 5.41 Å². The van der Waals surface area contributed by atoms with Crippen molar-refractivity contribution in [1.29, 1.82) is 0 Å². The lowest BCUT2D eigenvalue weighted by molar-refractivity contribution is 0.316. The van der Waals surface area contributed by atoms with Crippen LogP contribution in [0.3, 0.4) is 0 Å². The van der Waals surface area contributed by atoms with Crippen molar-refractivity contribution in [2.75, 3.05) is 0 Å². The van der Waals surface area contributed by atoms with E-state index in [9.17, 15) is 0 Å². The summed E-state index contributed by atoms with van der Waals surface area (Å²) < 4.78 is 0. The van der Waals surface area contributed by atoms with Crippen molar-refractivity contribution in [1.82, 2.24) is 0 Å². The first-order valence-corrected chi connectivity index (χ1v) is 8.76. The average molecular weight is 273 g/mol. The molecule has 0 heteroatoms. The summed E-state index contributed by atoms with van der Waals surface area (Å²) in [5.41, 5.74) is 1.84. The summed E-state index contributed by atoms with van der Waals surface area (Å²) in [6.45, 7) is 6.94. The average Bonchev–Trinajstić information content (AvgIpc) is 2.48. The summed E-state index contributed by atoms with van der Waals surface area (Å²) >= 11 is 0. The Labute approximate surface area is 127 Å². The zero-order valence-corrected chi connectivity index (χ0v) is 13.9. The van der Waals surface area contributed by atoms with E-state index < -0.39 is 0 Å². The van der Waals surface area contributed by atoms with Crippen LogP contribution in [0.1, 0.15) is 90.5 Å². The smallest absolute Gasteiger partial charge is 0.00410 e. The highest BCUT2D eigenvalue weighted by atomic mass is 14.3. The van der Waals surface area contributed by atoms with E-state index in [0.717, 1.165) is 0 Å². The molecule has 0 aliphatic rings. The van der Waals surface area contributed by atoms with Crippen LogP contribution in [-0.4, -0.2) is 0 Å². The third-order valence-electron chi connectivity index (χ3n) is 4.50. The van der Waals surface area contributed by atoms with Gasteiger partial charge < -0.3 is 0 Å². The van der Waals surface area contributed by atoms with Gasteiger partial charge in [0.05, 0.1) is 0 Å². The molecule has 1 aromatic rings. The quantitative estimate of drug-likeness (QED) is 0.394. The number of benzene rings is 1. The van der Waals surface area contributed by atoms with Gasteiger partial charge in [0.15, 0.2) is 0 Å². The zero-order valence-electron chi connectivity index (χ0n) is 13.9. The van der Waals surface area contributed by atoms with Crippen molar-refractivity contribution in [3.8, 4) is 0 Å². The summed E-state index contributed by atoms with van der Waals surface area (Å²) in [7, 11) is 0. The predicted molar refractivity (Wildman–Crippen MR) is 90.1 cm³/mol. The van der Waals surface area contributed by atoms with Gasteiger partial charge in [-0.2, -0.15) is 0 Å². The molecule has 113 valence electrons. The van der Waals surface area contributed by atoms with Crippen LogP contribution in [0.15, 0.2) is 24.3 Å². The molecule has 0 nitrogen and oxygen atoms in total. The standard InChI is InChI=1S/C20H33/c1-4-7-8-9-13-18-20(16-5-2,17-6-3)19-14-11-10-12-15-19/h10-12,14H,4-9,13,16-18H2,1-3H3. The molecule has 0 fully saturated rings. The Morgan fingerprint density at radius 3 is 2.05 bits per heavy atom. The molecule has 0 N–H and O–H groups in total. The van der Waals surface area contributed by atoms with E-state index >= 15 is 0 Å². The lowest BCUT2D eigenvalue weighted by Gasteiger charge is -2.34. The second-order valence-corrected chi connectivity index (χ2v) is 6.22. The van der Waals surface area contributed by atoms with Crippen LogP contribution in [0.2, 0.25) is 0 Å². The Morgan fingerprint density at radius 1 is 0.800 bits per heavy atom. The maximum Gasteiger partial charge on any atom is -0.00410 e. The first-order valence-electron chi connectivity index (χ1n) is 8.76. The Balaban J connectivity index is 2.72. The molecule has 1 aromatic carbocycles. The maximum atomic E-state index is 3.53. The number of hydrogen-bond acceptors (Lipinski definition) is 0. The maximum absolute atomic E-state index is 3.53. The minimum atomic E-state index is 0.386. The first kappa shape index (κ1) is 17.3. The fourth-order valence-electron chi connectivity index (χ4n) is 3.53. The molecule has 20 heavy (non-hydrogen) atoms. The van der Waals surface area contributed by atoms with Crippen LogP contribution in [-0.2, 0) is 5.41 Å². The highest BCUT2D eigenvalue weighted by Gasteiger charge is 2.29. The summed E-state index contributed by atoms with van der Waals surface area (Å²) in [6, 6.07) is 12.2. The van der Waals surface area contributed by atoms with Crippen molar-refractivity contribution >= 4 is 0 Å². The Bertz CT molecular complexity index is 319. The Hall–Kier alpha value is -0.780. The largest absolute Gasteiger partial charge is 0.0654 e. The van der Waals surface area contributed by atoms with Gasteiger partial charge in [0.25, 0.3) is 0 Å². The molecule has 0 spiro atoms. The van der Waals surface area contributed by atoms with Crippen LogP contribution in [0.5, 0.6) is 0 Å². The molecule has 0 aliphatic carbocycles. The molecule has 0 unspecified atom stereocenters. The van der Waals surface area contributed by atoms with Gasteiger partial charge in [-0.15, -0.1) is 0 Å². The second kappa shape index (κ2) is 10.0. The van der Waals surface area contributed by atoms with Crippen LogP contribution < -0.4 is 0 Å². The van der Waals surface area contributed by atoms with Crippen LogP contribution in [0, 0.1) is 6.07 Å². The summed E-state index contributed by atoms with van der Waals surface area (Å²) in [4.78, 5) is 0. The van der Waals surface area contributed by atoms with Crippen molar-refractivity contribution in [2.24, 2.45) is 0 Å². The van der Waals surface area contributed by atoms with E-state index in [4.69, 9.17) is 0 Å². The summed E-state index contributed by atoms with van der Waals surface area (Å²) in [5, 5.41) is 0. The molecule has 1 radical (unpaired) electrons. The van der Waals surface area contributed by atoms with Gasteiger partial charge in [-0.3, -0.25) is 0 Å². The summed E-state index contributed by atoms with van der Waals surface area (Å²) in [6.07, 6.45) is 13.4. The lowest BCUT2D eigenvalue weighted by Crippen LogP contribution is -2.26. The number of rotatable bonds is 11. The van der Waals surface area contributed by atoms with Crippen LogP contribution >= 0.6 is 0 Å². The minimum absolute atomic E-state index is 0.386. The van der Waals surface area contributed by atoms with Crippen molar-refractivity contribution in [3.63, 3.8) is 0 Å². The second-order valence-electron chi connectivity index (χ2n) is 6.22. The van der Waals surface area contributed by atoms with Gasteiger partial charge in [-0.05, 0) is 36.3 Å². The minimum Gasteiger partial charge on any atom is -0.0654 e. The third-order valence-corrected chi connectivity index (χ3v) is 4.50. The molecule has 0 aliphatic heterocycles. The fourth-order valence-corrected chi connectivity index (χ4v) is 3.53. The van der Waals surface area contributed by atoms with Gasteiger partial charge >= 0.3 is 0 Å². The van der Waals surface area contributed by atoms with Crippen molar-refractivity contribution in [3.05, 3.63) is 35.9 Å². The van der Waals surface area contributed by atoms with E-state index in [2.05, 4.69) is 51.1 Å². The topological polar surface area (TPSA) is 0 Å². The molecule has 0 aromatic heterocycles. The molecule has 0 bridgehead atoms. The molecule has 0 atom stereocenters. The Kier molecular flexibility index (Phi) is 8.65. The number of unbranched alkanes of at least 4 members (excludes halogenated alkanes) is 4. The highest BCUT2D eigenvalue weighted by Crippen LogP contribution is 2.39. The van der Waals surface area contributed by atoms with E-state index in [1.54, 1.807) is 0 Å². The van der Waals surface area contributed by atoms with E-state index in [-0.39, 0.29) is 0 Å². The van der Waals surface area contributed by atoms with Crippen LogP contribution in [0.4, 0.5) is 0 Å². The molecule has 0 saturated carbocycles.